The van der Waals surface area contributed by atoms with Crippen molar-refractivity contribution in [1.82, 2.24) is 14.8 Å². The van der Waals surface area contributed by atoms with Crippen molar-refractivity contribution in [2.45, 2.75) is 0 Å². The highest BCUT2D eigenvalue weighted by Gasteiger charge is 1.99. The number of aromatic nitrogens is 3. The maximum atomic E-state index is 10.4. The Labute approximate surface area is 94.1 Å². The normalized spacial score (nSPS) is 10.1. The average Bonchev–Trinajstić information content (AvgIpc) is 2.65. The summed E-state index contributed by atoms with van der Waals surface area (Å²) in [5, 5.41) is 4.10. The van der Waals surface area contributed by atoms with Gasteiger partial charge in [0, 0.05) is 18.0 Å². The molecule has 0 fully saturated rings. The highest BCUT2D eigenvalue weighted by molar-refractivity contribution is 14.1. The molecule has 0 N–H and O–H groups in total. The number of nitrogens with zero attached hydrogens (tertiary/aromatic N) is 3. The lowest BCUT2D eigenvalue weighted by Crippen LogP contribution is -1.97. The second-order valence-corrected chi connectivity index (χ2v) is 3.92. The van der Waals surface area contributed by atoms with E-state index in [0.717, 1.165) is 9.86 Å². The lowest BCUT2D eigenvalue weighted by Gasteiger charge is -1.98. The van der Waals surface area contributed by atoms with Gasteiger partial charge in [0.2, 0.25) is 0 Å². The highest BCUT2D eigenvalue weighted by Crippen LogP contribution is 2.07. The Hall–Kier alpha value is -1.24. The molecule has 0 saturated heterocycles. The minimum absolute atomic E-state index is 0.565. The molecule has 2 rings (SSSR count). The van der Waals surface area contributed by atoms with Gasteiger partial charge in [0.05, 0.1) is 9.77 Å². The van der Waals surface area contributed by atoms with Gasteiger partial charge in [-0.3, -0.25) is 4.79 Å². The summed E-state index contributed by atoms with van der Waals surface area (Å²) in [7, 11) is 0. The van der Waals surface area contributed by atoms with Gasteiger partial charge in [0.15, 0.2) is 12.1 Å². The number of carbonyl (C=O) groups is 1. The van der Waals surface area contributed by atoms with Crippen molar-refractivity contribution in [3.05, 3.63) is 39.9 Å². The van der Waals surface area contributed by atoms with Crippen LogP contribution >= 0.6 is 22.6 Å². The summed E-state index contributed by atoms with van der Waals surface area (Å²) >= 11 is 2.17. The molecule has 2 aromatic heterocycles. The summed E-state index contributed by atoms with van der Waals surface area (Å²) in [5.74, 6) is 0.707. The Kier molecular flexibility index (Phi) is 2.58. The lowest BCUT2D eigenvalue weighted by atomic mass is 10.3. The number of aldehydes is 1. The summed E-state index contributed by atoms with van der Waals surface area (Å²) < 4.78 is 2.71. The molecule has 0 spiro atoms. The van der Waals surface area contributed by atoms with E-state index in [0.29, 0.717) is 11.4 Å². The van der Waals surface area contributed by atoms with E-state index in [1.165, 1.54) is 6.20 Å². The Bertz CT molecular complexity index is 449. The van der Waals surface area contributed by atoms with E-state index in [9.17, 15) is 4.79 Å². The molecule has 0 radical (unpaired) electrons. The molecule has 0 saturated carbocycles. The van der Waals surface area contributed by atoms with Crippen LogP contribution in [0.15, 0.2) is 30.7 Å². The lowest BCUT2D eigenvalue weighted by molar-refractivity contribution is 0.112. The van der Waals surface area contributed by atoms with Crippen molar-refractivity contribution in [3.63, 3.8) is 0 Å². The van der Waals surface area contributed by atoms with E-state index in [2.05, 4.69) is 32.7 Å². The van der Waals surface area contributed by atoms with E-state index in [4.69, 9.17) is 0 Å². The van der Waals surface area contributed by atoms with Crippen LogP contribution in [0.5, 0.6) is 0 Å². The number of rotatable bonds is 2. The van der Waals surface area contributed by atoms with Crippen LogP contribution in [0.1, 0.15) is 10.4 Å². The standard InChI is InChI=1S/C9H6IN3O/c10-8-4-12-13(5-8)9-2-1-7(6-14)3-11-9/h1-6H. The van der Waals surface area contributed by atoms with Crippen LogP contribution in [-0.4, -0.2) is 21.1 Å². The number of halogens is 1. The van der Waals surface area contributed by atoms with E-state index < -0.39 is 0 Å². The molecule has 5 heteroatoms. The molecule has 0 aliphatic carbocycles. The quantitative estimate of drug-likeness (QED) is 0.626. The van der Waals surface area contributed by atoms with Crippen LogP contribution in [0.4, 0.5) is 0 Å². The Balaban J connectivity index is 2.38. The van der Waals surface area contributed by atoms with Gasteiger partial charge in [-0.15, -0.1) is 0 Å². The molecule has 0 unspecified atom stereocenters. The molecule has 0 aliphatic heterocycles. The first kappa shape index (κ1) is 9.32. The summed E-state index contributed by atoms with van der Waals surface area (Å²) in [6.07, 6.45) is 5.90. The molecule has 2 heterocycles. The van der Waals surface area contributed by atoms with Gasteiger partial charge in [-0.1, -0.05) is 0 Å². The Morgan fingerprint density at radius 1 is 1.36 bits per heavy atom. The first-order valence-corrected chi connectivity index (χ1v) is 4.99. The second kappa shape index (κ2) is 3.87. The van der Waals surface area contributed by atoms with E-state index in [1.807, 2.05) is 6.20 Å². The van der Waals surface area contributed by atoms with Crippen LogP contribution in [-0.2, 0) is 0 Å². The molecule has 0 bridgehead atoms. The zero-order valence-corrected chi connectivity index (χ0v) is 9.25. The average molecular weight is 299 g/mol. The number of hydrogen-bond donors (Lipinski definition) is 0. The van der Waals surface area contributed by atoms with Crippen molar-refractivity contribution < 1.29 is 4.79 Å². The zero-order valence-electron chi connectivity index (χ0n) is 7.09. The van der Waals surface area contributed by atoms with E-state index in [1.54, 1.807) is 23.0 Å². The highest BCUT2D eigenvalue weighted by atomic mass is 127. The first-order valence-electron chi connectivity index (χ1n) is 3.91. The van der Waals surface area contributed by atoms with Gasteiger partial charge >= 0.3 is 0 Å². The van der Waals surface area contributed by atoms with Crippen molar-refractivity contribution in [2.24, 2.45) is 0 Å². The summed E-state index contributed by atoms with van der Waals surface area (Å²) in [6, 6.07) is 3.47. The monoisotopic (exact) mass is 299 g/mol. The summed E-state index contributed by atoms with van der Waals surface area (Å²) in [6.45, 7) is 0. The third-order valence-electron chi connectivity index (χ3n) is 1.69. The van der Waals surface area contributed by atoms with Crippen molar-refractivity contribution in [3.8, 4) is 5.82 Å². The van der Waals surface area contributed by atoms with E-state index in [-0.39, 0.29) is 0 Å². The van der Waals surface area contributed by atoms with Crippen LogP contribution in [0.2, 0.25) is 0 Å². The fourth-order valence-corrected chi connectivity index (χ4v) is 1.42. The predicted molar refractivity (Wildman–Crippen MR) is 59.5 cm³/mol. The molecule has 14 heavy (non-hydrogen) atoms. The number of hydrogen-bond acceptors (Lipinski definition) is 3. The van der Waals surface area contributed by atoms with E-state index >= 15 is 0 Å². The molecule has 0 aromatic carbocycles. The molecule has 2 aromatic rings. The zero-order chi connectivity index (χ0) is 9.97. The Morgan fingerprint density at radius 3 is 2.71 bits per heavy atom. The number of pyridine rings is 1. The fourth-order valence-electron chi connectivity index (χ4n) is 1.03. The SMILES string of the molecule is O=Cc1ccc(-n2cc(I)cn2)nc1. The van der Waals surface area contributed by atoms with Crippen LogP contribution in [0.3, 0.4) is 0 Å². The Morgan fingerprint density at radius 2 is 2.21 bits per heavy atom. The molecular weight excluding hydrogens is 293 g/mol. The van der Waals surface area contributed by atoms with Gasteiger partial charge in [-0.25, -0.2) is 9.67 Å². The van der Waals surface area contributed by atoms with Crippen molar-refractivity contribution >= 4 is 28.9 Å². The molecular formula is C9H6IN3O. The van der Waals surface area contributed by atoms with Crippen molar-refractivity contribution in [1.29, 1.82) is 0 Å². The minimum atomic E-state index is 0.565. The molecule has 0 amide bonds. The van der Waals surface area contributed by atoms with Gasteiger partial charge in [-0.2, -0.15) is 5.10 Å². The summed E-state index contributed by atoms with van der Waals surface area (Å²) in [4.78, 5) is 14.5. The molecule has 0 aliphatic rings. The third-order valence-corrected chi connectivity index (χ3v) is 2.25. The van der Waals surface area contributed by atoms with Gasteiger partial charge in [0.1, 0.15) is 0 Å². The number of carbonyl (C=O) groups excluding carboxylic acids is 1. The van der Waals surface area contributed by atoms with Crippen LogP contribution in [0.25, 0.3) is 5.82 Å². The third kappa shape index (κ3) is 1.82. The van der Waals surface area contributed by atoms with Gasteiger partial charge < -0.3 is 0 Å². The second-order valence-electron chi connectivity index (χ2n) is 2.67. The minimum Gasteiger partial charge on any atom is -0.298 e. The smallest absolute Gasteiger partial charge is 0.153 e. The van der Waals surface area contributed by atoms with Crippen LogP contribution in [0, 0.1) is 3.57 Å². The molecule has 70 valence electrons. The van der Waals surface area contributed by atoms with Crippen molar-refractivity contribution in [2.75, 3.05) is 0 Å². The fraction of sp³-hybridized carbons (Fsp3) is 0. The topological polar surface area (TPSA) is 47.8 Å². The van der Waals surface area contributed by atoms with Gasteiger partial charge in [0.25, 0.3) is 0 Å². The van der Waals surface area contributed by atoms with Crippen LogP contribution < -0.4 is 0 Å². The predicted octanol–water partition coefficient (Wildman–Crippen LogP) is 1.68. The summed E-state index contributed by atoms with van der Waals surface area (Å²) in [5.41, 5.74) is 0.565. The first-order chi connectivity index (χ1) is 6.79. The maximum absolute atomic E-state index is 10.4. The van der Waals surface area contributed by atoms with Gasteiger partial charge in [-0.05, 0) is 34.7 Å². The maximum Gasteiger partial charge on any atom is 0.153 e. The molecule has 0 atom stereocenters. The molecule has 4 nitrogen and oxygen atoms in total. The largest absolute Gasteiger partial charge is 0.298 e.